The van der Waals surface area contributed by atoms with E-state index in [0.29, 0.717) is 25.3 Å². The van der Waals surface area contributed by atoms with Crippen LogP contribution in [-0.2, 0) is 9.78 Å². The number of benzene rings is 1. The first-order valence-electron chi connectivity index (χ1n) is 4.91. The van der Waals surface area contributed by atoms with Gasteiger partial charge in [0.25, 0.3) is 0 Å². The van der Waals surface area contributed by atoms with Crippen LogP contribution in [0.1, 0.15) is 18.5 Å². The largest absolute Gasteiger partial charge is 0.303 e. The van der Waals surface area contributed by atoms with Crippen LogP contribution in [0.25, 0.3) is 0 Å². The van der Waals surface area contributed by atoms with E-state index in [4.69, 9.17) is 9.78 Å². The van der Waals surface area contributed by atoms with Crippen LogP contribution >= 0.6 is 0 Å². The highest BCUT2D eigenvalue weighted by atomic mass is 17.2. The molecule has 14 heavy (non-hydrogen) atoms. The predicted octanol–water partition coefficient (Wildman–Crippen LogP) is 1.67. The Morgan fingerprint density at radius 1 is 1.21 bits per heavy atom. The molecule has 1 aromatic rings. The van der Waals surface area contributed by atoms with Crippen LogP contribution in [0.4, 0.5) is 0 Å². The Morgan fingerprint density at radius 3 is 2.50 bits per heavy atom. The highest BCUT2D eigenvalue weighted by molar-refractivity contribution is 5.18. The smallest absolute Gasteiger partial charge is 0.0999 e. The molecule has 0 spiro atoms. The molecule has 1 heterocycles. The summed E-state index contributed by atoms with van der Waals surface area (Å²) >= 11 is 0. The van der Waals surface area contributed by atoms with Crippen molar-refractivity contribution < 1.29 is 9.78 Å². The van der Waals surface area contributed by atoms with Crippen molar-refractivity contribution in [3.63, 3.8) is 0 Å². The van der Waals surface area contributed by atoms with Gasteiger partial charge in [-0.3, -0.25) is 0 Å². The number of hydrogen-bond donors (Lipinski definition) is 1. The van der Waals surface area contributed by atoms with Gasteiger partial charge < -0.3 is 5.32 Å². The quantitative estimate of drug-likeness (QED) is 0.741. The van der Waals surface area contributed by atoms with E-state index >= 15 is 0 Å². The fraction of sp³-hybridized carbons (Fsp3) is 0.455. The molecule has 76 valence electrons. The third kappa shape index (κ3) is 2.32. The van der Waals surface area contributed by atoms with Crippen molar-refractivity contribution in [2.45, 2.75) is 19.0 Å². The molecule has 2 rings (SSSR count). The highest BCUT2D eigenvalue weighted by Gasteiger charge is 2.19. The minimum absolute atomic E-state index is 0.310. The third-order valence-electron chi connectivity index (χ3n) is 2.41. The normalized spacial score (nSPS) is 19.8. The van der Waals surface area contributed by atoms with E-state index in [0.717, 1.165) is 0 Å². The maximum atomic E-state index is 4.83. The fourth-order valence-electron chi connectivity index (χ4n) is 1.60. The van der Waals surface area contributed by atoms with Gasteiger partial charge in [-0.25, -0.2) is 9.78 Å². The molecule has 0 aromatic heterocycles. The minimum atomic E-state index is 0.310. The Morgan fingerprint density at radius 2 is 1.86 bits per heavy atom. The van der Waals surface area contributed by atoms with Crippen LogP contribution in [0.2, 0.25) is 0 Å². The molecule has 0 aliphatic carbocycles. The molecule has 1 aromatic carbocycles. The molecule has 0 radical (unpaired) electrons. The first-order valence-corrected chi connectivity index (χ1v) is 4.91. The van der Waals surface area contributed by atoms with Crippen LogP contribution in [0, 0.1) is 0 Å². The standard InChI is InChI=1S/C11H15NO2/c1-9(10-5-3-2-4-6-10)12-11-7-13-14-8-11/h2-6,9,11-12H,7-8H2,1H3. The zero-order valence-electron chi connectivity index (χ0n) is 8.27. The molecular formula is C11H15NO2. The molecule has 1 atom stereocenters. The van der Waals surface area contributed by atoms with Crippen LogP contribution in [0.3, 0.4) is 0 Å². The lowest BCUT2D eigenvalue weighted by molar-refractivity contribution is -0.248. The second-order valence-electron chi connectivity index (χ2n) is 3.56. The summed E-state index contributed by atoms with van der Waals surface area (Å²) in [6, 6.07) is 11.0. The molecule has 0 bridgehead atoms. The van der Waals surface area contributed by atoms with Crippen molar-refractivity contribution in [3.8, 4) is 0 Å². The van der Waals surface area contributed by atoms with Crippen molar-refractivity contribution in [2.75, 3.05) is 13.2 Å². The Bertz CT molecular complexity index is 270. The number of rotatable bonds is 3. The SMILES string of the molecule is CC(NC1COOC1)c1ccccc1. The van der Waals surface area contributed by atoms with E-state index in [1.54, 1.807) is 0 Å². The third-order valence-corrected chi connectivity index (χ3v) is 2.41. The van der Waals surface area contributed by atoms with Crippen molar-refractivity contribution in [2.24, 2.45) is 0 Å². The Labute approximate surface area is 84.0 Å². The second-order valence-corrected chi connectivity index (χ2v) is 3.56. The Hall–Kier alpha value is -0.900. The van der Waals surface area contributed by atoms with Gasteiger partial charge in [0.15, 0.2) is 0 Å². The second kappa shape index (κ2) is 4.55. The van der Waals surface area contributed by atoms with E-state index in [2.05, 4.69) is 36.5 Å². The molecule has 3 heteroatoms. The molecular weight excluding hydrogens is 178 g/mol. The fourth-order valence-corrected chi connectivity index (χ4v) is 1.60. The molecule has 1 aliphatic heterocycles. The van der Waals surface area contributed by atoms with Crippen LogP contribution in [-0.4, -0.2) is 19.3 Å². The maximum absolute atomic E-state index is 4.83. The first kappa shape index (κ1) is 9.65. The highest BCUT2D eigenvalue weighted by Crippen LogP contribution is 2.13. The lowest BCUT2D eigenvalue weighted by Crippen LogP contribution is -2.33. The van der Waals surface area contributed by atoms with Crippen molar-refractivity contribution in [1.29, 1.82) is 0 Å². The molecule has 1 fully saturated rings. The van der Waals surface area contributed by atoms with Gasteiger partial charge in [-0.05, 0) is 12.5 Å². The van der Waals surface area contributed by atoms with Crippen LogP contribution < -0.4 is 5.32 Å². The molecule has 3 nitrogen and oxygen atoms in total. The summed E-state index contributed by atoms with van der Waals surface area (Å²) in [7, 11) is 0. The van der Waals surface area contributed by atoms with Crippen LogP contribution in [0.5, 0.6) is 0 Å². The number of hydrogen-bond acceptors (Lipinski definition) is 3. The summed E-state index contributed by atoms with van der Waals surface area (Å²) in [5.74, 6) is 0. The Balaban J connectivity index is 1.92. The van der Waals surface area contributed by atoms with Gasteiger partial charge in [-0.15, -0.1) is 0 Å². The zero-order valence-corrected chi connectivity index (χ0v) is 8.27. The lowest BCUT2D eigenvalue weighted by Gasteiger charge is -2.17. The van der Waals surface area contributed by atoms with Crippen molar-refractivity contribution >= 4 is 0 Å². The van der Waals surface area contributed by atoms with E-state index in [1.807, 2.05) is 6.07 Å². The maximum Gasteiger partial charge on any atom is 0.0999 e. The topological polar surface area (TPSA) is 30.5 Å². The monoisotopic (exact) mass is 193 g/mol. The Kier molecular flexibility index (Phi) is 3.14. The molecule has 1 aliphatic rings. The average Bonchev–Trinajstić information content (AvgIpc) is 2.72. The van der Waals surface area contributed by atoms with Gasteiger partial charge in [0.1, 0.15) is 0 Å². The summed E-state index contributed by atoms with van der Waals surface area (Å²) in [6.07, 6.45) is 0. The lowest BCUT2D eigenvalue weighted by atomic mass is 10.1. The van der Waals surface area contributed by atoms with Gasteiger partial charge in [-0.1, -0.05) is 30.3 Å². The van der Waals surface area contributed by atoms with Crippen LogP contribution in [0.15, 0.2) is 30.3 Å². The minimum Gasteiger partial charge on any atom is -0.303 e. The van der Waals surface area contributed by atoms with E-state index in [1.165, 1.54) is 5.56 Å². The number of nitrogens with one attached hydrogen (secondary N) is 1. The van der Waals surface area contributed by atoms with Crippen molar-refractivity contribution in [3.05, 3.63) is 35.9 Å². The molecule has 0 saturated carbocycles. The summed E-state index contributed by atoms with van der Waals surface area (Å²) in [5.41, 5.74) is 1.29. The summed E-state index contributed by atoms with van der Waals surface area (Å²) in [4.78, 5) is 9.66. The molecule has 1 saturated heterocycles. The summed E-state index contributed by atoms with van der Waals surface area (Å²) in [5, 5.41) is 3.45. The summed E-state index contributed by atoms with van der Waals surface area (Å²) in [6.45, 7) is 3.42. The molecule has 0 amide bonds. The zero-order chi connectivity index (χ0) is 9.80. The average molecular weight is 193 g/mol. The van der Waals surface area contributed by atoms with Gasteiger partial charge >= 0.3 is 0 Å². The molecule has 1 unspecified atom stereocenters. The van der Waals surface area contributed by atoms with Gasteiger partial charge in [0.2, 0.25) is 0 Å². The molecule has 1 N–H and O–H groups in total. The van der Waals surface area contributed by atoms with Gasteiger partial charge in [-0.2, -0.15) is 0 Å². The first-order chi connectivity index (χ1) is 6.86. The van der Waals surface area contributed by atoms with E-state index < -0.39 is 0 Å². The van der Waals surface area contributed by atoms with Gasteiger partial charge in [0.05, 0.1) is 19.3 Å². The van der Waals surface area contributed by atoms with Gasteiger partial charge in [0, 0.05) is 6.04 Å². The van der Waals surface area contributed by atoms with E-state index in [-0.39, 0.29) is 0 Å². The van der Waals surface area contributed by atoms with E-state index in [9.17, 15) is 0 Å². The predicted molar refractivity (Wildman–Crippen MR) is 53.7 cm³/mol. The van der Waals surface area contributed by atoms with Crippen molar-refractivity contribution in [1.82, 2.24) is 5.32 Å². The summed E-state index contributed by atoms with van der Waals surface area (Å²) < 4.78 is 0.